The van der Waals surface area contributed by atoms with Crippen LogP contribution in [0.3, 0.4) is 0 Å². The second kappa shape index (κ2) is 9.04. The van der Waals surface area contributed by atoms with Crippen molar-refractivity contribution in [3.05, 3.63) is 58.7 Å². The topological polar surface area (TPSA) is 67.4 Å². The molecule has 5 nitrogen and oxygen atoms in total. The molecule has 0 saturated carbocycles. The van der Waals surface area contributed by atoms with Gasteiger partial charge in [0.2, 0.25) is 5.91 Å². The van der Waals surface area contributed by atoms with Gasteiger partial charge in [0, 0.05) is 5.69 Å². The summed E-state index contributed by atoms with van der Waals surface area (Å²) in [5.41, 5.74) is 4.96. The lowest BCUT2D eigenvalue weighted by molar-refractivity contribution is -0.125. The first kappa shape index (κ1) is 19.5. The van der Waals surface area contributed by atoms with Crippen molar-refractivity contribution in [1.82, 2.24) is 5.32 Å². The summed E-state index contributed by atoms with van der Waals surface area (Å²) < 4.78 is 5.63. The maximum atomic E-state index is 12.0. The lowest BCUT2D eigenvalue weighted by Crippen LogP contribution is -2.36. The van der Waals surface area contributed by atoms with E-state index in [1.54, 1.807) is 0 Å². The lowest BCUT2D eigenvalue weighted by Gasteiger charge is -2.13. The summed E-state index contributed by atoms with van der Waals surface area (Å²) in [6.07, 6.45) is 0.825. The summed E-state index contributed by atoms with van der Waals surface area (Å²) in [5.74, 6) is 0.123. The molecule has 2 amide bonds. The largest absolute Gasteiger partial charge is 0.483 e. The molecule has 0 atom stereocenters. The van der Waals surface area contributed by atoms with Crippen molar-refractivity contribution in [3.63, 3.8) is 0 Å². The van der Waals surface area contributed by atoms with Gasteiger partial charge in [-0.1, -0.05) is 42.8 Å². The smallest absolute Gasteiger partial charge is 0.258 e. The highest BCUT2D eigenvalue weighted by Gasteiger charge is 2.10. The van der Waals surface area contributed by atoms with E-state index >= 15 is 0 Å². The van der Waals surface area contributed by atoms with E-state index in [2.05, 4.69) is 10.6 Å². The molecule has 0 aliphatic heterocycles. The fourth-order valence-corrected chi connectivity index (χ4v) is 2.91. The van der Waals surface area contributed by atoms with Gasteiger partial charge in [0.15, 0.2) is 6.61 Å². The molecule has 2 aromatic rings. The number of nitrogens with one attached hydrogen (secondary N) is 2. The molecule has 5 heteroatoms. The molecule has 0 heterocycles. The van der Waals surface area contributed by atoms with Gasteiger partial charge in [-0.25, -0.2) is 0 Å². The molecular formula is C21H26N2O3. The molecular weight excluding hydrogens is 328 g/mol. The van der Waals surface area contributed by atoms with Crippen molar-refractivity contribution >= 4 is 17.5 Å². The number of carbonyl (C=O) groups excluding carboxylic acids is 2. The summed E-state index contributed by atoms with van der Waals surface area (Å²) >= 11 is 0. The molecule has 2 rings (SSSR count). The van der Waals surface area contributed by atoms with Crippen LogP contribution in [0.15, 0.2) is 36.4 Å². The summed E-state index contributed by atoms with van der Waals surface area (Å²) in [7, 11) is 0. The molecule has 2 aromatic carbocycles. The van der Waals surface area contributed by atoms with Crippen molar-refractivity contribution in [2.75, 3.05) is 18.5 Å². The molecule has 26 heavy (non-hydrogen) atoms. The van der Waals surface area contributed by atoms with Crippen LogP contribution in [0.25, 0.3) is 0 Å². The molecule has 2 N–H and O–H groups in total. The number of hydrogen-bond acceptors (Lipinski definition) is 3. The predicted octanol–water partition coefficient (Wildman–Crippen LogP) is 3.31. The molecule has 0 bridgehead atoms. The normalized spacial score (nSPS) is 10.3. The number of para-hydroxylation sites is 1. The molecule has 0 aliphatic rings. The third-order valence-electron chi connectivity index (χ3n) is 4.07. The van der Waals surface area contributed by atoms with Crippen molar-refractivity contribution in [1.29, 1.82) is 0 Å². The zero-order chi connectivity index (χ0) is 19.1. The van der Waals surface area contributed by atoms with E-state index in [1.165, 1.54) is 0 Å². The van der Waals surface area contributed by atoms with Gasteiger partial charge in [-0.15, -0.1) is 0 Å². The van der Waals surface area contributed by atoms with E-state index < -0.39 is 0 Å². The van der Waals surface area contributed by atoms with Crippen molar-refractivity contribution in [2.45, 2.75) is 34.1 Å². The average molecular weight is 354 g/mol. The number of amides is 2. The van der Waals surface area contributed by atoms with E-state index in [4.69, 9.17) is 4.74 Å². The minimum absolute atomic E-state index is 0.0912. The Hall–Kier alpha value is -2.82. The molecule has 0 unspecified atom stereocenters. The lowest BCUT2D eigenvalue weighted by atomic mass is 10.1. The van der Waals surface area contributed by atoms with Crippen LogP contribution in [0.4, 0.5) is 5.69 Å². The van der Waals surface area contributed by atoms with Crippen molar-refractivity contribution in [2.24, 2.45) is 0 Å². The predicted molar refractivity (Wildman–Crippen MR) is 104 cm³/mol. The van der Waals surface area contributed by atoms with Crippen LogP contribution in [-0.2, 0) is 16.0 Å². The minimum atomic E-state index is -0.330. The molecule has 0 spiro atoms. The van der Waals surface area contributed by atoms with Crippen molar-refractivity contribution < 1.29 is 14.3 Å². The first-order chi connectivity index (χ1) is 12.4. The fourth-order valence-electron chi connectivity index (χ4n) is 2.91. The van der Waals surface area contributed by atoms with Gasteiger partial charge in [-0.2, -0.15) is 0 Å². The van der Waals surface area contributed by atoms with Crippen LogP contribution in [0.2, 0.25) is 0 Å². The molecule has 0 aliphatic carbocycles. The van der Waals surface area contributed by atoms with E-state index in [1.807, 2.05) is 64.1 Å². The maximum Gasteiger partial charge on any atom is 0.258 e. The molecule has 138 valence electrons. The van der Waals surface area contributed by atoms with Gasteiger partial charge in [-0.3, -0.25) is 9.59 Å². The fraction of sp³-hybridized carbons (Fsp3) is 0.333. The Bertz CT molecular complexity index is 777. The quantitative estimate of drug-likeness (QED) is 0.802. The Morgan fingerprint density at radius 2 is 1.65 bits per heavy atom. The van der Waals surface area contributed by atoms with Gasteiger partial charge in [0.05, 0.1) is 6.54 Å². The van der Waals surface area contributed by atoms with Crippen LogP contribution in [0, 0.1) is 20.8 Å². The number of benzene rings is 2. The summed E-state index contributed by atoms with van der Waals surface area (Å²) in [6, 6.07) is 11.6. The number of carbonyl (C=O) groups is 2. The second-order valence-corrected chi connectivity index (χ2v) is 6.35. The monoisotopic (exact) mass is 354 g/mol. The summed E-state index contributed by atoms with van der Waals surface area (Å²) in [6.45, 7) is 7.73. The maximum absolute atomic E-state index is 12.0. The highest BCUT2D eigenvalue weighted by atomic mass is 16.5. The molecule has 0 fully saturated rings. The Morgan fingerprint density at radius 1 is 1.00 bits per heavy atom. The van der Waals surface area contributed by atoms with Gasteiger partial charge < -0.3 is 15.4 Å². The first-order valence-corrected chi connectivity index (χ1v) is 8.75. The van der Waals surface area contributed by atoms with E-state index in [0.29, 0.717) is 5.75 Å². The number of aryl methyl sites for hydroxylation is 4. The standard InChI is InChI=1S/C21H26N2O3/c1-5-17-8-6-7-9-18(17)23-19(24)12-22-20(25)13-26-21-15(3)10-14(2)11-16(21)4/h6-11H,5,12-13H2,1-4H3,(H,22,25)(H,23,24). The highest BCUT2D eigenvalue weighted by Crippen LogP contribution is 2.24. The highest BCUT2D eigenvalue weighted by molar-refractivity contribution is 5.95. The number of hydrogen-bond donors (Lipinski definition) is 2. The van der Waals surface area contributed by atoms with Crippen LogP contribution in [-0.4, -0.2) is 25.0 Å². The molecule has 0 radical (unpaired) electrons. The van der Waals surface area contributed by atoms with E-state index in [0.717, 1.165) is 34.4 Å². The zero-order valence-corrected chi connectivity index (χ0v) is 15.8. The Morgan fingerprint density at radius 3 is 2.31 bits per heavy atom. The summed E-state index contributed by atoms with van der Waals surface area (Å²) in [5, 5.41) is 5.41. The van der Waals surface area contributed by atoms with E-state index in [-0.39, 0.29) is 25.0 Å². The Kier molecular flexibility index (Phi) is 6.78. The minimum Gasteiger partial charge on any atom is -0.483 e. The van der Waals surface area contributed by atoms with Gasteiger partial charge >= 0.3 is 0 Å². The first-order valence-electron chi connectivity index (χ1n) is 8.75. The van der Waals surface area contributed by atoms with Gasteiger partial charge in [0.1, 0.15) is 5.75 Å². The van der Waals surface area contributed by atoms with Crippen LogP contribution < -0.4 is 15.4 Å². The van der Waals surface area contributed by atoms with Crippen molar-refractivity contribution in [3.8, 4) is 5.75 Å². The van der Waals surface area contributed by atoms with Gasteiger partial charge in [0.25, 0.3) is 5.91 Å². The van der Waals surface area contributed by atoms with Gasteiger partial charge in [-0.05, 0) is 49.9 Å². The third kappa shape index (κ3) is 5.34. The average Bonchev–Trinajstić information content (AvgIpc) is 2.59. The third-order valence-corrected chi connectivity index (χ3v) is 4.07. The number of rotatable bonds is 7. The Labute approximate surface area is 154 Å². The SMILES string of the molecule is CCc1ccccc1NC(=O)CNC(=O)COc1c(C)cc(C)cc1C. The number of ether oxygens (including phenoxy) is 1. The van der Waals surface area contributed by atoms with Crippen LogP contribution in [0.1, 0.15) is 29.2 Å². The van der Waals surface area contributed by atoms with E-state index in [9.17, 15) is 9.59 Å². The summed E-state index contributed by atoms with van der Waals surface area (Å²) in [4.78, 5) is 24.0. The number of anilines is 1. The molecule has 0 saturated heterocycles. The second-order valence-electron chi connectivity index (χ2n) is 6.35. The zero-order valence-electron chi connectivity index (χ0n) is 15.8. The van der Waals surface area contributed by atoms with Crippen LogP contribution in [0.5, 0.6) is 5.75 Å². The molecule has 0 aromatic heterocycles. The Balaban J connectivity index is 1.82. The van der Waals surface area contributed by atoms with Crippen LogP contribution >= 0.6 is 0 Å².